The summed E-state index contributed by atoms with van der Waals surface area (Å²) in [7, 11) is 2.97. The molecule has 6 heteroatoms. The van der Waals surface area contributed by atoms with Gasteiger partial charge in [-0.2, -0.15) is 0 Å². The third kappa shape index (κ3) is 3.57. The molecule has 0 unspecified atom stereocenters. The third-order valence-corrected chi connectivity index (χ3v) is 3.84. The highest BCUT2D eigenvalue weighted by atomic mass is 79.9. The maximum absolute atomic E-state index is 12.4. The number of esters is 1. The van der Waals surface area contributed by atoms with Crippen molar-refractivity contribution < 1.29 is 19.0 Å². The zero-order valence-corrected chi connectivity index (χ0v) is 14.5. The van der Waals surface area contributed by atoms with Gasteiger partial charge in [0.2, 0.25) is 0 Å². The van der Waals surface area contributed by atoms with Crippen LogP contribution in [-0.4, -0.2) is 20.2 Å². The molecule has 2 aromatic carbocycles. The summed E-state index contributed by atoms with van der Waals surface area (Å²) >= 11 is 6.69. The van der Waals surface area contributed by atoms with Gasteiger partial charge in [0.1, 0.15) is 22.8 Å². The summed E-state index contributed by atoms with van der Waals surface area (Å²) in [6.45, 7) is 0. The monoisotopic (exact) mass is 414 g/mol. The minimum Gasteiger partial charge on any atom is -0.496 e. The minimum absolute atomic E-state index is 0.248. The predicted molar refractivity (Wildman–Crippen MR) is 86.3 cm³/mol. The second-order valence-electron chi connectivity index (χ2n) is 4.00. The number of halogens is 2. The predicted octanol–water partition coefficient (Wildman–Crippen LogP) is 4.45. The van der Waals surface area contributed by atoms with Gasteiger partial charge < -0.3 is 14.2 Å². The number of hydrogen-bond donors (Lipinski definition) is 0. The zero-order chi connectivity index (χ0) is 15.4. The van der Waals surface area contributed by atoms with E-state index in [1.807, 2.05) is 0 Å². The van der Waals surface area contributed by atoms with E-state index in [-0.39, 0.29) is 5.56 Å². The number of methoxy groups -OCH3 is 2. The normalized spacial score (nSPS) is 10.1. The van der Waals surface area contributed by atoms with Gasteiger partial charge in [0.15, 0.2) is 0 Å². The zero-order valence-electron chi connectivity index (χ0n) is 11.4. The van der Waals surface area contributed by atoms with Crippen LogP contribution in [0.1, 0.15) is 10.4 Å². The maximum atomic E-state index is 12.4. The largest absolute Gasteiger partial charge is 0.496 e. The molecule has 0 amide bonds. The Morgan fingerprint density at radius 1 is 0.952 bits per heavy atom. The number of carbonyl (C=O) groups excluding carboxylic acids is 1. The van der Waals surface area contributed by atoms with Gasteiger partial charge in [-0.1, -0.05) is 22.0 Å². The van der Waals surface area contributed by atoms with Crippen molar-refractivity contribution in [1.29, 1.82) is 0 Å². The smallest absolute Gasteiger partial charge is 0.351 e. The van der Waals surface area contributed by atoms with E-state index < -0.39 is 5.97 Å². The molecule has 110 valence electrons. The highest BCUT2D eigenvalue weighted by Crippen LogP contribution is 2.32. The highest BCUT2D eigenvalue weighted by molar-refractivity contribution is 9.11. The number of ether oxygens (including phenoxy) is 3. The van der Waals surface area contributed by atoms with E-state index in [1.165, 1.54) is 14.2 Å². The number of hydrogen-bond acceptors (Lipinski definition) is 4. The Balaban J connectivity index is 2.36. The summed E-state index contributed by atoms with van der Waals surface area (Å²) in [6, 6.07) is 10.4. The molecule has 4 nitrogen and oxygen atoms in total. The summed E-state index contributed by atoms with van der Waals surface area (Å²) in [4.78, 5) is 12.4. The summed E-state index contributed by atoms with van der Waals surface area (Å²) < 4.78 is 17.3. The standard InChI is InChI=1S/C15H12Br2O4/c1-19-12-4-3-5-13(20-2)14(12)15(18)21-11-7-6-9(16)8-10(11)17/h3-8H,1-2H3. The second-order valence-corrected chi connectivity index (χ2v) is 5.77. The van der Waals surface area contributed by atoms with Crippen molar-refractivity contribution in [2.75, 3.05) is 14.2 Å². The molecule has 0 radical (unpaired) electrons. The van der Waals surface area contributed by atoms with Crippen LogP contribution in [0.3, 0.4) is 0 Å². The molecular formula is C15H12Br2O4. The van der Waals surface area contributed by atoms with E-state index in [1.54, 1.807) is 36.4 Å². The van der Waals surface area contributed by atoms with Crippen LogP contribution in [0.25, 0.3) is 0 Å². The first kappa shape index (κ1) is 15.9. The Hall–Kier alpha value is -1.53. The van der Waals surface area contributed by atoms with Gasteiger partial charge in [-0.3, -0.25) is 0 Å². The van der Waals surface area contributed by atoms with Crippen molar-refractivity contribution in [2.45, 2.75) is 0 Å². The lowest BCUT2D eigenvalue weighted by atomic mass is 10.2. The van der Waals surface area contributed by atoms with E-state index in [4.69, 9.17) is 14.2 Å². The molecule has 0 aromatic heterocycles. The van der Waals surface area contributed by atoms with Gasteiger partial charge in [0.05, 0.1) is 18.7 Å². The summed E-state index contributed by atoms with van der Waals surface area (Å²) in [5.41, 5.74) is 0.248. The van der Waals surface area contributed by atoms with Crippen LogP contribution in [0, 0.1) is 0 Å². The molecule has 2 rings (SSSR count). The molecule has 0 aliphatic carbocycles. The van der Waals surface area contributed by atoms with Gasteiger partial charge in [-0.05, 0) is 46.3 Å². The number of carbonyl (C=O) groups is 1. The van der Waals surface area contributed by atoms with Crippen LogP contribution < -0.4 is 14.2 Å². The van der Waals surface area contributed by atoms with E-state index in [0.717, 1.165) is 4.47 Å². The topological polar surface area (TPSA) is 44.8 Å². The van der Waals surface area contributed by atoms with Crippen LogP contribution in [0.5, 0.6) is 17.2 Å². The van der Waals surface area contributed by atoms with E-state index in [2.05, 4.69) is 31.9 Å². The van der Waals surface area contributed by atoms with E-state index >= 15 is 0 Å². The third-order valence-electron chi connectivity index (χ3n) is 2.73. The van der Waals surface area contributed by atoms with Crippen molar-refractivity contribution in [1.82, 2.24) is 0 Å². The minimum atomic E-state index is -0.549. The lowest BCUT2D eigenvalue weighted by molar-refractivity contribution is 0.0726. The van der Waals surface area contributed by atoms with E-state index in [0.29, 0.717) is 21.7 Å². The van der Waals surface area contributed by atoms with Crippen LogP contribution >= 0.6 is 31.9 Å². The molecule has 0 spiro atoms. The highest BCUT2D eigenvalue weighted by Gasteiger charge is 2.21. The van der Waals surface area contributed by atoms with Crippen molar-refractivity contribution in [2.24, 2.45) is 0 Å². The first-order valence-corrected chi connectivity index (χ1v) is 7.53. The fourth-order valence-electron chi connectivity index (χ4n) is 1.76. The van der Waals surface area contributed by atoms with Gasteiger partial charge >= 0.3 is 5.97 Å². The molecular weight excluding hydrogens is 404 g/mol. The maximum Gasteiger partial charge on any atom is 0.351 e. The molecule has 21 heavy (non-hydrogen) atoms. The fourth-order valence-corrected chi connectivity index (χ4v) is 2.89. The van der Waals surface area contributed by atoms with Crippen LogP contribution in [0.2, 0.25) is 0 Å². The summed E-state index contributed by atoms with van der Waals surface area (Å²) in [5.74, 6) is 0.656. The van der Waals surface area contributed by atoms with Gasteiger partial charge in [0, 0.05) is 4.47 Å². The molecule has 2 aromatic rings. The molecule has 0 saturated heterocycles. The second kappa shape index (κ2) is 6.95. The Morgan fingerprint density at radius 2 is 1.57 bits per heavy atom. The van der Waals surface area contributed by atoms with Gasteiger partial charge in [-0.15, -0.1) is 0 Å². The van der Waals surface area contributed by atoms with Crippen molar-refractivity contribution in [3.8, 4) is 17.2 Å². The average Bonchev–Trinajstić information content (AvgIpc) is 2.49. The van der Waals surface area contributed by atoms with Crippen molar-refractivity contribution >= 4 is 37.8 Å². The van der Waals surface area contributed by atoms with Gasteiger partial charge in [0.25, 0.3) is 0 Å². The molecule has 0 N–H and O–H groups in total. The SMILES string of the molecule is COc1cccc(OC)c1C(=O)Oc1ccc(Br)cc1Br. The van der Waals surface area contributed by atoms with E-state index in [9.17, 15) is 4.79 Å². The Kier molecular flexibility index (Phi) is 5.25. The molecule has 0 saturated carbocycles. The molecule has 0 bridgehead atoms. The van der Waals surface area contributed by atoms with Crippen molar-refractivity contribution in [3.05, 3.63) is 50.9 Å². The van der Waals surface area contributed by atoms with Gasteiger partial charge in [-0.25, -0.2) is 4.79 Å². The fraction of sp³-hybridized carbons (Fsp3) is 0.133. The number of benzene rings is 2. The molecule has 0 aliphatic heterocycles. The van der Waals surface area contributed by atoms with Crippen LogP contribution in [0.15, 0.2) is 45.3 Å². The lowest BCUT2D eigenvalue weighted by Crippen LogP contribution is -2.12. The average molecular weight is 416 g/mol. The molecule has 0 fully saturated rings. The summed E-state index contributed by atoms with van der Waals surface area (Å²) in [6.07, 6.45) is 0. The molecule has 0 atom stereocenters. The quantitative estimate of drug-likeness (QED) is 0.546. The Labute approximate surface area is 139 Å². The summed E-state index contributed by atoms with van der Waals surface area (Å²) in [5, 5.41) is 0. The Bertz CT molecular complexity index is 648. The van der Waals surface area contributed by atoms with Crippen LogP contribution in [0.4, 0.5) is 0 Å². The van der Waals surface area contributed by atoms with Crippen molar-refractivity contribution in [3.63, 3.8) is 0 Å². The van der Waals surface area contributed by atoms with Crippen LogP contribution in [-0.2, 0) is 0 Å². The first-order valence-electron chi connectivity index (χ1n) is 5.95. The molecule has 0 heterocycles. The Morgan fingerprint density at radius 3 is 2.10 bits per heavy atom. The lowest BCUT2D eigenvalue weighted by Gasteiger charge is -2.12. The first-order chi connectivity index (χ1) is 10.1. The molecule has 0 aliphatic rings. The number of rotatable bonds is 4.